The summed E-state index contributed by atoms with van der Waals surface area (Å²) in [6.45, 7) is 6.83. The molecule has 0 radical (unpaired) electrons. The van der Waals surface area contributed by atoms with Crippen molar-refractivity contribution in [3.8, 4) is 0 Å². The number of carboxylic acid groups (broad SMARTS) is 1. The van der Waals surface area contributed by atoms with E-state index in [1.165, 1.54) is 11.3 Å². The molecule has 0 aliphatic carbocycles. The van der Waals surface area contributed by atoms with Crippen molar-refractivity contribution in [2.75, 3.05) is 23.3 Å². The summed E-state index contributed by atoms with van der Waals surface area (Å²) in [4.78, 5) is 60.5. The van der Waals surface area contributed by atoms with Gasteiger partial charge < -0.3 is 25.5 Å². The molecule has 3 heterocycles. The van der Waals surface area contributed by atoms with E-state index in [2.05, 4.69) is 20.5 Å². The minimum absolute atomic E-state index is 0.0938. The Hall–Kier alpha value is -5.03. The van der Waals surface area contributed by atoms with Crippen molar-refractivity contribution in [3.63, 3.8) is 0 Å². The van der Waals surface area contributed by atoms with Crippen LogP contribution < -0.4 is 15.5 Å². The second-order valence-corrected chi connectivity index (χ2v) is 12.2. The number of nitrogens with one attached hydrogen (secondary N) is 2. The molecule has 1 fully saturated rings. The lowest BCUT2D eigenvalue weighted by atomic mass is 10.0. The van der Waals surface area contributed by atoms with Crippen molar-refractivity contribution in [2.45, 2.75) is 45.3 Å². The Bertz CT molecular complexity index is 1690. The number of amides is 3. The number of carbonyl (C=O) groups excluding carboxylic acids is 3. The highest BCUT2D eigenvalue weighted by molar-refractivity contribution is 7.10. The van der Waals surface area contributed by atoms with E-state index in [4.69, 9.17) is 0 Å². The number of hydrogen-bond acceptors (Lipinski definition) is 7. The molecule has 3 unspecified atom stereocenters. The average Bonchev–Trinajstić information content (AvgIpc) is 3.57. The molecule has 5 rings (SSSR count). The standard InChI is InChI=1S/C34H35N5O5S/c1-21-7-4-8-24(15-21)32(42)36-27-16-25(33(43)37-28(17-31(40)41)30-10-6-14-45-30)11-12-29(27)38-19-23(3)39(20-22(38)2)34(44)26-9-5-13-35-18-26/h4-16,18,22-23,28H,17,19-20H2,1-3H3,(H,36,42)(H,37,43)(H,40,41). The first kappa shape index (κ1) is 31.4. The van der Waals surface area contributed by atoms with Gasteiger partial charge in [-0.25, -0.2) is 0 Å². The number of nitrogens with zero attached hydrogens (tertiary/aromatic N) is 3. The maximum Gasteiger partial charge on any atom is 0.305 e. The molecular weight excluding hydrogens is 590 g/mol. The van der Waals surface area contributed by atoms with Crippen LogP contribution in [0.5, 0.6) is 0 Å². The largest absolute Gasteiger partial charge is 0.481 e. The zero-order chi connectivity index (χ0) is 32.1. The van der Waals surface area contributed by atoms with Gasteiger partial charge in [0.05, 0.1) is 29.4 Å². The number of rotatable bonds is 9. The molecule has 45 heavy (non-hydrogen) atoms. The number of anilines is 2. The zero-order valence-corrected chi connectivity index (χ0v) is 26.1. The van der Waals surface area contributed by atoms with Crippen LogP contribution in [-0.4, -0.2) is 63.9 Å². The summed E-state index contributed by atoms with van der Waals surface area (Å²) in [7, 11) is 0. The number of aromatic nitrogens is 1. The number of carbonyl (C=O) groups is 4. The van der Waals surface area contributed by atoms with Crippen molar-refractivity contribution in [1.29, 1.82) is 0 Å². The predicted molar refractivity (Wildman–Crippen MR) is 174 cm³/mol. The van der Waals surface area contributed by atoms with E-state index in [0.29, 0.717) is 35.6 Å². The molecule has 0 saturated carbocycles. The number of pyridine rings is 1. The van der Waals surface area contributed by atoms with E-state index in [0.717, 1.165) is 10.4 Å². The summed E-state index contributed by atoms with van der Waals surface area (Å²) in [5.74, 6) is -1.91. The third kappa shape index (κ3) is 7.38. The van der Waals surface area contributed by atoms with Crippen LogP contribution in [-0.2, 0) is 4.79 Å². The summed E-state index contributed by atoms with van der Waals surface area (Å²) < 4.78 is 0. The number of hydrogen-bond donors (Lipinski definition) is 3. The zero-order valence-electron chi connectivity index (χ0n) is 25.3. The number of carboxylic acids is 1. The summed E-state index contributed by atoms with van der Waals surface area (Å²) in [5, 5.41) is 17.1. The van der Waals surface area contributed by atoms with E-state index in [1.807, 2.05) is 43.2 Å². The highest BCUT2D eigenvalue weighted by atomic mass is 32.1. The highest BCUT2D eigenvalue weighted by Crippen LogP contribution is 2.33. The summed E-state index contributed by atoms with van der Waals surface area (Å²) in [6, 6.07) is 18.4. The van der Waals surface area contributed by atoms with Crippen molar-refractivity contribution in [3.05, 3.63) is 112 Å². The lowest BCUT2D eigenvalue weighted by molar-refractivity contribution is -0.137. The summed E-state index contributed by atoms with van der Waals surface area (Å²) >= 11 is 1.37. The molecule has 2 aromatic heterocycles. The SMILES string of the molecule is Cc1cccc(C(=O)Nc2cc(C(=O)NC(CC(=O)O)c3cccs3)ccc2N2CC(C)N(C(=O)c3cccnc3)CC2C)c1. The van der Waals surface area contributed by atoms with Gasteiger partial charge in [0.2, 0.25) is 0 Å². The second-order valence-electron chi connectivity index (χ2n) is 11.2. The topological polar surface area (TPSA) is 132 Å². The number of aliphatic carboxylic acids is 1. The lowest BCUT2D eigenvalue weighted by Crippen LogP contribution is -2.58. The van der Waals surface area contributed by atoms with Gasteiger partial charge >= 0.3 is 5.97 Å². The first-order valence-electron chi connectivity index (χ1n) is 14.7. The van der Waals surface area contributed by atoms with Crippen LogP contribution in [0.4, 0.5) is 11.4 Å². The van der Waals surface area contributed by atoms with Gasteiger partial charge in [-0.15, -0.1) is 11.3 Å². The van der Waals surface area contributed by atoms with Gasteiger partial charge in [0.1, 0.15) is 0 Å². The minimum Gasteiger partial charge on any atom is -0.481 e. The molecule has 3 atom stereocenters. The Morgan fingerprint density at radius 3 is 2.40 bits per heavy atom. The van der Waals surface area contributed by atoms with E-state index < -0.39 is 17.9 Å². The van der Waals surface area contributed by atoms with Gasteiger partial charge in [-0.2, -0.15) is 0 Å². The van der Waals surface area contributed by atoms with E-state index >= 15 is 0 Å². The number of aryl methyl sites for hydroxylation is 1. The summed E-state index contributed by atoms with van der Waals surface area (Å²) in [5.41, 5.74) is 3.35. The average molecular weight is 626 g/mol. The fraction of sp³-hybridized carbons (Fsp3) is 0.265. The van der Waals surface area contributed by atoms with Crippen molar-refractivity contribution < 1.29 is 24.3 Å². The molecule has 10 nitrogen and oxygen atoms in total. The molecule has 0 bridgehead atoms. The van der Waals surface area contributed by atoms with Crippen LogP contribution in [0.3, 0.4) is 0 Å². The van der Waals surface area contributed by atoms with Gasteiger partial charge in [-0.05, 0) is 74.7 Å². The fourth-order valence-corrected chi connectivity index (χ4v) is 6.32. The van der Waals surface area contributed by atoms with Crippen molar-refractivity contribution in [1.82, 2.24) is 15.2 Å². The highest BCUT2D eigenvalue weighted by Gasteiger charge is 2.34. The molecule has 3 amide bonds. The maximum atomic E-state index is 13.5. The first-order valence-corrected chi connectivity index (χ1v) is 15.5. The monoisotopic (exact) mass is 625 g/mol. The van der Waals surface area contributed by atoms with Gasteiger partial charge in [0.25, 0.3) is 17.7 Å². The summed E-state index contributed by atoms with van der Waals surface area (Å²) in [6.07, 6.45) is 2.93. The van der Waals surface area contributed by atoms with Crippen LogP contribution in [0.15, 0.2) is 84.5 Å². The van der Waals surface area contributed by atoms with Gasteiger partial charge in [0, 0.05) is 53.6 Å². The molecular formula is C34H35N5O5S. The molecule has 232 valence electrons. The molecule has 0 spiro atoms. The Labute approximate surface area is 265 Å². The Morgan fingerprint density at radius 1 is 0.933 bits per heavy atom. The smallest absolute Gasteiger partial charge is 0.305 e. The van der Waals surface area contributed by atoms with Gasteiger partial charge in [0.15, 0.2) is 0 Å². The Morgan fingerprint density at radius 2 is 1.71 bits per heavy atom. The quantitative estimate of drug-likeness (QED) is 0.227. The third-order valence-corrected chi connectivity index (χ3v) is 8.81. The van der Waals surface area contributed by atoms with Gasteiger partial charge in [-0.1, -0.05) is 23.8 Å². The molecule has 4 aromatic rings. The third-order valence-electron chi connectivity index (χ3n) is 7.82. The molecule has 1 aliphatic rings. The van der Waals surface area contributed by atoms with E-state index in [-0.39, 0.29) is 35.9 Å². The molecule has 2 aromatic carbocycles. The molecule has 1 saturated heterocycles. The fourth-order valence-electron chi connectivity index (χ4n) is 5.54. The van der Waals surface area contributed by atoms with E-state index in [9.17, 15) is 24.3 Å². The number of thiophene rings is 1. The number of piperazine rings is 1. The first-order chi connectivity index (χ1) is 21.6. The van der Waals surface area contributed by atoms with Crippen molar-refractivity contribution in [2.24, 2.45) is 0 Å². The van der Waals surface area contributed by atoms with Crippen LogP contribution in [0, 0.1) is 6.92 Å². The molecule has 1 aliphatic heterocycles. The minimum atomic E-state index is -1.03. The lowest BCUT2D eigenvalue weighted by Gasteiger charge is -2.45. The Balaban J connectivity index is 1.44. The van der Waals surface area contributed by atoms with Crippen LogP contribution in [0.2, 0.25) is 0 Å². The second kappa shape index (κ2) is 13.7. The number of benzene rings is 2. The van der Waals surface area contributed by atoms with Crippen LogP contribution in [0.1, 0.15) is 67.8 Å². The van der Waals surface area contributed by atoms with E-state index in [1.54, 1.807) is 67.0 Å². The van der Waals surface area contributed by atoms with Gasteiger partial charge in [-0.3, -0.25) is 24.2 Å². The maximum absolute atomic E-state index is 13.5. The normalized spacial score (nSPS) is 17.0. The molecule has 3 N–H and O–H groups in total. The van der Waals surface area contributed by atoms with Crippen molar-refractivity contribution >= 4 is 46.4 Å². The molecule has 11 heteroatoms. The van der Waals surface area contributed by atoms with Crippen LogP contribution >= 0.6 is 11.3 Å². The van der Waals surface area contributed by atoms with Crippen LogP contribution in [0.25, 0.3) is 0 Å². The predicted octanol–water partition coefficient (Wildman–Crippen LogP) is 5.39. The Kier molecular flexibility index (Phi) is 9.58.